The van der Waals surface area contributed by atoms with Crippen LogP contribution in [0.1, 0.15) is 31.1 Å². The Labute approximate surface area is 130 Å². The van der Waals surface area contributed by atoms with Crippen molar-refractivity contribution in [3.8, 4) is 0 Å². The summed E-state index contributed by atoms with van der Waals surface area (Å²) in [4.78, 5) is 3.46. The van der Waals surface area contributed by atoms with E-state index >= 15 is 0 Å². The Morgan fingerprint density at radius 2 is 2.19 bits per heavy atom. The summed E-state index contributed by atoms with van der Waals surface area (Å²) in [7, 11) is -3.45. The minimum Gasteiger partial charge on any atom is -0.391 e. The minimum atomic E-state index is -3.45. The fourth-order valence-electron chi connectivity index (χ4n) is 3.37. The maximum absolute atomic E-state index is 12.8. The molecule has 2 saturated heterocycles. The van der Waals surface area contributed by atoms with Crippen molar-refractivity contribution in [1.29, 1.82) is 0 Å². The van der Waals surface area contributed by atoms with Crippen molar-refractivity contribution in [2.24, 2.45) is 0 Å². The first-order valence-electron chi connectivity index (χ1n) is 7.46. The number of thiophene rings is 1. The standard InChI is InChI=1S/C14H22N2O3S2/c1-11-7-15-5-3-2-4-12(15)8-16(11)21(18,19)14-6-13(9-17)20-10-14/h6,10-12,17H,2-5,7-9H2,1H3. The van der Waals surface area contributed by atoms with E-state index in [2.05, 4.69) is 4.90 Å². The third-order valence-electron chi connectivity index (χ3n) is 4.52. The van der Waals surface area contributed by atoms with Crippen LogP contribution in [0.15, 0.2) is 16.3 Å². The van der Waals surface area contributed by atoms with Gasteiger partial charge in [-0.25, -0.2) is 8.42 Å². The van der Waals surface area contributed by atoms with Crippen molar-refractivity contribution >= 4 is 21.4 Å². The molecule has 1 aromatic heterocycles. The van der Waals surface area contributed by atoms with Gasteiger partial charge in [-0.05, 0) is 32.4 Å². The van der Waals surface area contributed by atoms with Gasteiger partial charge in [-0.2, -0.15) is 4.31 Å². The third-order valence-corrected chi connectivity index (χ3v) is 7.55. The predicted octanol–water partition coefficient (Wildman–Crippen LogP) is 1.49. The highest BCUT2D eigenvalue weighted by Gasteiger charge is 2.39. The molecule has 2 unspecified atom stereocenters. The smallest absolute Gasteiger partial charge is 0.244 e. The first kappa shape index (κ1) is 15.4. The van der Waals surface area contributed by atoms with Gasteiger partial charge in [0, 0.05) is 35.4 Å². The molecule has 1 N–H and O–H groups in total. The van der Waals surface area contributed by atoms with Crippen LogP contribution >= 0.6 is 11.3 Å². The molecule has 1 aromatic rings. The van der Waals surface area contributed by atoms with Gasteiger partial charge in [0.15, 0.2) is 0 Å². The summed E-state index contributed by atoms with van der Waals surface area (Å²) in [6.07, 6.45) is 3.50. The van der Waals surface area contributed by atoms with Gasteiger partial charge in [-0.1, -0.05) is 6.42 Å². The quantitative estimate of drug-likeness (QED) is 0.912. The molecule has 0 aliphatic carbocycles. The molecule has 0 spiro atoms. The number of hydrogen-bond donors (Lipinski definition) is 1. The van der Waals surface area contributed by atoms with Gasteiger partial charge >= 0.3 is 0 Å². The molecule has 2 aliphatic heterocycles. The first-order chi connectivity index (χ1) is 10.0. The molecule has 0 aromatic carbocycles. The normalized spacial score (nSPS) is 28.5. The van der Waals surface area contributed by atoms with Gasteiger partial charge in [-0.3, -0.25) is 4.90 Å². The molecule has 118 valence electrons. The SMILES string of the molecule is CC1CN2CCCCC2CN1S(=O)(=O)c1csc(CO)c1. The van der Waals surface area contributed by atoms with E-state index in [-0.39, 0.29) is 12.6 Å². The predicted molar refractivity (Wildman–Crippen MR) is 82.8 cm³/mol. The van der Waals surface area contributed by atoms with E-state index in [4.69, 9.17) is 5.11 Å². The second-order valence-electron chi connectivity index (χ2n) is 5.98. The summed E-state index contributed by atoms with van der Waals surface area (Å²) in [5.74, 6) is 0. The number of sulfonamides is 1. The van der Waals surface area contributed by atoms with Crippen molar-refractivity contribution < 1.29 is 13.5 Å². The van der Waals surface area contributed by atoms with Gasteiger partial charge in [0.1, 0.15) is 0 Å². The van der Waals surface area contributed by atoms with Gasteiger partial charge in [-0.15, -0.1) is 11.3 Å². The van der Waals surface area contributed by atoms with E-state index in [1.807, 2.05) is 6.92 Å². The second-order valence-corrected chi connectivity index (χ2v) is 8.86. The Balaban J connectivity index is 1.84. The fourth-order valence-corrected chi connectivity index (χ4v) is 6.16. The number of rotatable bonds is 3. The minimum absolute atomic E-state index is 0.00169. The lowest BCUT2D eigenvalue weighted by Gasteiger charge is -2.46. The molecular formula is C14H22N2O3S2. The molecule has 0 bridgehead atoms. The lowest BCUT2D eigenvalue weighted by molar-refractivity contribution is 0.0564. The molecular weight excluding hydrogens is 308 g/mol. The number of nitrogens with zero attached hydrogens (tertiary/aromatic N) is 2. The number of aliphatic hydroxyl groups excluding tert-OH is 1. The van der Waals surface area contributed by atoms with Crippen LogP contribution in [0.5, 0.6) is 0 Å². The Morgan fingerprint density at radius 1 is 1.38 bits per heavy atom. The second kappa shape index (κ2) is 5.96. The molecule has 21 heavy (non-hydrogen) atoms. The van der Waals surface area contributed by atoms with E-state index in [9.17, 15) is 8.42 Å². The molecule has 2 aliphatic rings. The van der Waals surface area contributed by atoms with Crippen molar-refractivity contribution in [3.05, 3.63) is 16.3 Å². The maximum atomic E-state index is 12.8. The van der Waals surface area contributed by atoms with Gasteiger partial charge in [0.05, 0.1) is 11.5 Å². The highest BCUT2D eigenvalue weighted by Crippen LogP contribution is 2.30. The van der Waals surface area contributed by atoms with Crippen molar-refractivity contribution in [3.63, 3.8) is 0 Å². The zero-order chi connectivity index (χ0) is 15.0. The molecule has 0 amide bonds. The van der Waals surface area contributed by atoms with Crippen LogP contribution in [0.25, 0.3) is 0 Å². The number of piperidine rings is 1. The summed E-state index contributed by atoms with van der Waals surface area (Å²) in [5, 5.41) is 10.8. The number of hydrogen-bond acceptors (Lipinski definition) is 5. The van der Waals surface area contributed by atoms with Crippen molar-refractivity contribution in [2.75, 3.05) is 19.6 Å². The zero-order valence-electron chi connectivity index (χ0n) is 12.2. The lowest BCUT2D eigenvalue weighted by Crippen LogP contribution is -2.59. The van der Waals surface area contributed by atoms with Crippen LogP contribution in [-0.2, 0) is 16.6 Å². The molecule has 7 heteroatoms. The number of piperazine rings is 1. The molecule has 2 fully saturated rings. The maximum Gasteiger partial charge on any atom is 0.244 e. The van der Waals surface area contributed by atoms with Crippen LogP contribution in [0, 0.1) is 0 Å². The molecule has 5 nitrogen and oxygen atoms in total. The average Bonchev–Trinajstić information content (AvgIpc) is 2.96. The van der Waals surface area contributed by atoms with E-state index in [0.717, 1.165) is 19.5 Å². The summed E-state index contributed by atoms with van der Waals surface area (Å²) in [6, 6.07) is 1.96. The largest absolute Gasteiger partial charge is 0.391 e. The molecule has 0 saturated carbocycles. The average molecular weight is 330 g/mol. The van der Waals surface area contributed by atoms with Crippen LogP contribution in [0.3, 0.4) is 0 Å². The number of fused-ring (bicyclic) bond motifs is 1. The molecule has 3 heterocycles. The van der Waals surface area contributed by atoms with Gasteiger partial charge in [0.2, 0.25) is 10.0 Å². The number of aliphatic hydroxyl groups is 1. The van der Waals surface area contributed by atoms with Crippen LogP contribution in [0.4, 0.5) is 0 Å². The fraction of sp³-hybridized carbons (Fsp3) is 0.714. The van der Waals surface area contributed by atoms with E-state index in [1.54, 1.807) is 15.8 Å². The zero-order valence-corrected chi connectivity index (χ0v) is 13.9. The summed E-state index contributed by atoms with van der Waals surface area (Å²) < 4.78 is 27.3. The Bertz CT molecular complexity index is 599. The van der Waals surface area contributed by atoms with E-state index < -0.39 is 10.0 Å². The van der Waals surface area contributed by atoms with Crippen molar-refractivity contribution in [1.82, 2.24) is 9.21 Å². The molecule has 0 radical (unpaired) electrons. The van der Waals surface area contributed by atoms with E-state index in [1.165, 1.54) is 24.2 Å². The third kappa shape index (κ3) is 2.90. The topological polar surface area (TPSA) is 60.9 Å². The van der Waals surface area contributed by atoms with Crippen molar-refractivity contribution in [2.45, 2.75) is 49.8 Å². The van der Waals surface area contributed by atoms with Crippen LogP contribution in [-0.4, -0.2) is 54.4 Å². The Hall–Kier alpha value is -0.470. The van der Waals surface area contributed by atoms with Crippen LogP contribution in [0.2, 0.25) is 0 Å². The molecule has 2 atom stereocenters. The van der Waals surface area contributed by atoms with Gasteiger partial charge < -0.3 is 5.11 Å². The monoisotopic (exact) mass is 330 g/mol. The van der Waals surface area contributed by atoms with E-state index in [0.29, 0.717) is 22.4 Å². The Morgan fingerprint density at radius 3 is 2.90 bits per heavy atom. The highest BCUT2D eigenvalue weighted by molar-refractivity contribution is 7.89. The van der Waals surface area contributed by atoms with Gasteiger partial charge in [0.25, 0.3) is 0 Å². The highest BCUT2D eigenvalue weighted by atomic mass is 32.2. The molecule has 3 rings (SSSR count). The Kier molecular flexibility index (Phi) is 4.38. The summed E-state index contributed by atoms with van der Waals surface area (Å²) >= 11 is 1.30. The summed E-state index contributed by atoms with van der Waals surface area (Å²) in [5.41, 5.74) is 0. The summed E-state index contributed by atoms with van der Waals surface area (Å²) in [6.45, 7) is 4.39. The first-order valence-corrected chi connectivity index (χ1v) is 9.78. The lowest BCUT2D eigenvalue weighted by atomic mass is 9.99. The van der Waals surface area contributed by atoms with Crippen LogP contribution < -0.4 is 0 Å².